The molecule has 0 aromatic heterocycles. The lowest BCUT2D eigenvalue weighted by Crippen LogP contribution is -2.10. The number of rotatable bonds is 4. The summed E-state index contributed by atoms with van der Waals surface area (Å²) < 4.78 is 5.34. The normalized spacial score (nSPS) is 35.8. The fraction of sp³-hybridized carbons (Fsp3) is 1.00. The van der Waals surface area contributed by atoms with E-state index >= 15 is 0 Å². The lowest BCUT2D eigenvalue weighted by Gasteiger charge is -2.09. The fourth-order valence-electron chi connectivity index (χ4n) is 1.83. The van der Waals surface area contributed by atoms with Crippen LogP contribution < -0.4 is 0 Å². The summed E-state index contributed by atoms with van der Waals surface area (Å²) in [5, 5.41) is 0. The minimum Gasteiger partial charge on any atom is -0.369 e. The minimum atomic E-state index is 0.267. The van der Waals surface area contributed by atoms with Crippen LogP contribution in [0.3, 0.4) is 0 Å². The van der Waals surface area contributed by atoms with Crippen LogP contribution in [0.4, 0.5) is 0 Å². The van der Waals surface area contributed by atoms with Crippen LogP contribution in [0, 0.1) is 5.92 Å². The molecule has 2 rings (SSSR count). The van der Waals surface area contributed by atoms with E-state index in [1.54, 1.807) is 0 Å². The molecule has 1 atom stereocenters. The SMILES string of the molecule is CC1(CSCC2CCCC2)CO1. The topological polar surface area (TPSA) is 12.5 Å². The monoisotopic (exact) mass is 186 g/mol. The van der Waals surface area contributed by atoms with Crippen LogP contribution in [0.1, 0.15) is 32.6 Å². The van der Waals surface area contributed by atoms with Crippen molar-refractivity contribution in [3.8, 4) is 0 Å². The summed E-state index contributed by atoms with van der Waals surface area (Å²) in [6, 6.07) is 0. The third-order valence-electron chi connectivity index (χ3n) is 2.87. The van der Waals surface area contributed by atoms with Gasteiger partial charge in [0, 0.05) is 5.75 Å². The lowest BCUT2D eigenvalue weighted by molar-refractivity contribution is 0.348. The van der Waals surface area contributed by atoms with Crippen molar-refractivity contribution in [3.05, 3.63) is 0 Å². The zero-order chi connectivity index (χ0) is 8.44. The van der Waals surface area contributed by atoms with E-state index in [2.05, 4.69) is 18.7 Å². The quantitative estimate of drug-likeness (QED) is 0.626. The number of ether oxygens (including phenoxy) is 1. The van der Waals surface area contributed by atoms with Gasteiger partial charge in [-0.05, 0) is 31.4 Å². The predicted molar refractivity (Wildman–Crippen MR) is 53.6 cm³/mol. The van der Waals surface area contributed by atoms with E-state index in [0.29, 0.717) is 0 Å². The van der Waals surface area contributed by atoms with E-state index in [1.165, 1.54) is 37.2 Å². The molecule has 0 amide bonds. The average Bonchev–Trinajstić information content (AvgIpc) is 2.61. The van der Waals surface area contributed by atoms with Crippen molar-refractivity contribution in [2.24, 2.45) is 5.92 Å². The van der Waals surface area contributed by atoms with Crippen LogP contribution in [0.5, 0.6) is 0 Å². The van der Waals surface area contributed by atoms with Crippen LogP contribution in [-0.4, -0.2) is 23.7 Å². The Morgan fingerprint density at radius 1 is 1.42 bits per heavy atom. The van der Waals surface area contributed by atoms with Crippen LogP contribution in [-0.2, 0) is 4.74 Å². The second-order valence-electron chi connectivity index (χ2n) is 4.40. The molecule has 1 nitrogen and oxygen atoms in total. The standard InChI is InChI=1S/C10H18OS/c1-10(7-11-10)8-12-6-9-4-2-3-5-9/h9H,2-8H2,1H3. The summed E-state index contributed by atoms with van der Waals surface area (Å²) in [4.78, 5) is 0. The van der Waals surface area contributed by atoms with Crippen molar-refractivity contribution in [2.75, 3.05) is 18.1 Å². The van der Waals surface area contributed by atoms with Gasteiger partial charge in [0.05, 0.1) is 12.2 Å². The van der Waals surface area contributed by atoms with Gasteiger partial charge in [0.15, 0.2) is 0 Å². The third kappa shape index (κ3) is 2.40. The molecule has 2 heteroatoms. The first-order valence-electron chi connectivity index (χ1n) is 5.00. The van der Waals surface area contributed by atoms with Crippen molar-refractivity contribution in [2.45, 2.75) is 38.2 Å². The summed E-state index contributed by atoms with van der Waals surface area (Å²) in [5.74, 6) is 3.61. The predicted octanol–water partition coefficient (Wildman–Crippen LogP) is 2.70. The Kier molecular flexibility index (Phi) is 2.66. The number of hydrogen-bond acceptors (Lipinski definition) is 2. The molecule has 1 aliphatic heterocycles. The number of epoxide rings is 1. The Labute approximate surface area is 79.2 Å². The van der Waals surface area contributed by atoms with Crippen molar-refractivity contribution >= 4 is 11.8 Å². The maximum absolute atomic E-state index is 5.34. The zero-order valence-electron chi connectivity index (χ0n) is 7.84. The first-order valence-corrected chi connectivity index (χ1v) is 6.16. The highest BCUT2D eigenvalue weighted by molar-refractivity contribution is 7.99. The van der Waals surface area contributed by atoms with Gasteiger partial charge in [-0.25, -0.2) is 0 Å². The van der Waals surface area contributed by atoms with E-state index in [4.69, 9.17) is 4.74 Å². The molecular formula is C10H18OS. The molecule has 0 aromatic rings. The van der Waals surface area contributed by atoms with Crippen molar-refractivity contribution < 1.29 is 4.74 Å². The van der Waals surface area contributed by atoms with Crippen LogP contribution in [0.2, 0.25) is 0 Å². The molecule has 0 N–H and O–H groups in total. The van der Waals surface area contributed by atoms with Crippen molar-refractivity contribution in [1.29, 1.82) is 0 Å². The van der Waals surface area contributed by atoms with E-state index in [-0.39, 0.29) is 5.60 Å². The van der Waals surface area contributed by atoms with Crippen LogP contribution in [0.25, 0.3) is 0 Å². The number of hydrogen-bond donors (Lipinski definition) is 0. The molecule has 1 aliphatic carbocycles. The lowest BCUT2D eigenvalue weighted by atomic mass is 10.1. The van der Waals surface area contributed by atoms with Gasteiger partial charge >= 0.3 is 0 Å². The van der Waals surface area contributed by atoms with Gasteiger partial charge in [0.2, 0.25) is 0 Å². The Hall–Kier alpha value is 0.310. The van der Waals surface area contributed by atoms with E-state index in [9.17, 15) is 0 Å². The van der Waals surface area contributed by atoms with Crippen molar-refractivity contribution in [1.82, 2.24) is 0 Å². The highest BCUT2D eigenvalue weighted by Gasteiger charge is 2.38. The van der Waals surface area contributed by atoms with Gasteiger partial charge in [0.25, 0.3) is 0 Å². The van der Waals surface area contributed by atoms with Crippen molar-refractivity contribution in [3.63, 3.8) is 0 Å². The first kappa shape index (κ1) is 8.89. The molecule has 1 saturated heterocycles. The highest BCUT2D eigenvalue weighted by atomic mass is 32.2. The largest absolute Gasteiger partial charge is 0.369 e. The maximum atomic E-state index is 5.34. The molecule has 2 aliphatic rings. The smallest absolute Gasteiger partial charge is 0.0978 e. The van der Waals surface area contributed by atoms with E-state index < -0.39 is 0 Å². The van der Waals surface area contributed by atoms with Gasteiger partial charge in [-0.3, -0.25) is 0 Å². The van der Waals surface area contributed by atoms with Gasteiger partial charge in [-0.2, -0.15) is 11.8 Å². The van der Waals surface area contributed by atoms with Crippen LogP contribution in [0.15, 0.2) is 0 Å². The Balaban J connectivity index is 1.56. The van der Waals surface area contributed by atoms with Gasteiger partial charge < -0.3 is 4.74 Å². The molecule has 0 radical (unpaired) electrons. The molecule has 1 heterocycles. The second-order valence-corrected chi connectivity index (χ2v) is 5.43. The molecule has 1 saturated carbocycles. The van der Waals surface area contributed by atoms with E-state index in [1.807, 2.05) is 0 Å². The third-order valence-corrected chi connectivity index (χ3v) is 4.39. The van der Waals surface area contributed by atoms with E-state index in [0.717, 1.165) is 12.5 Å². The number of thioether (sulfide) groups is 1. The van der Waals surface area contributed by atoms with Gasteiger partial charge in [-0.15, -0.1) is 0 Å². The fourth-order valence-corrected chi connectivity index (χ4v) is 3.21. The summed E-state index contributed by atoms with van der Waals surface area (Å²) in [6.07, 6.45) is 5.90. The van der Waals surface area contributed by atoms with Gasteiger partial charge in [0.1, 0.15) is 0 Å². The molecule has 2 fully saturated rings. The summed E-state index contributed by atoms with van der Waals surface area (Å²) in [6.45, 7) is 3.21. The zero-order valence-corrected chi connectivity index (χ0v) is 8.66. The average molecular weight is 186 g/mol. The maximum Gasteiger partial charge on any atom is 0.0978 e. The molecular weight excluding hydrogens is 168 g/mol. The molecule has 0 spiro atoms. The molecule has 0 bridgehead atoms. The summed E-state index contributed by atoms with van der Waals surface area (Å²) in [5.41, 5.74) is 0.267. The highest BCUT2D eigenvalue weighted by Crippen LogP contribution is 2.33. The molecule has 1 unspecified atom stereocenters. The summed E-state index contributed by atoms with van der Waals surface area (Å²) >= 11 is 2.09. The summed E-state index contributed by atoms with van der Waals surface area (Å²) in [7, 11) is 0. The Morgan fingerprint density at radius 2 is 2.08 bits per heavy atom. The Bertz CT molecular complexity index is 148. The molecule has 0 aromatic carbocycles. The Morgan fingerprint density at radius 3 is 2.67 bits per heavy atom. The molecule has 70 valence electrons. The van der Waals surface area contributed by atoms with Crippen LogP contribution >= 0.6 is 11.8 Å². The molecule has 12 heavy (non-hydrogen) atoms. The van der Waals surface area contributed by atoms with Gasteiger partial charge in [-0.1, -0.05) is 12.8 Å². The first-order chi connectivity index (χ1) is 5.79. The second kappa shape index (κ2) is 3.59. The minimum absolute atomic E-state index is 0.267.